The number of aryl methyl sites for hydroxylation is 1. The molecular weight excluding hydrogens is 564 g/mol. The zero-order valence-electron chi connectivity index (χ0n) is 26.4. The van der Waals surface area contributed by atoms with E-state index in [1.165, 1.54) is 5.56 Å². The highest BCUT2D eigenvalue weighted by Crippen LogP contribution is 2.27. The summed E-state index contributed by atoms with van der Waals surface area (Å²) in [5, 5.41) is 0. The Morgan fingerprint density at radius 1 is 0.911 bits per heavy atom. The van der Waals surface area contributed by atoms with Gasteiger partial charge < -0.3 is 19.1 Å². The predicted octanol–water partition coefficient (Wildman–Crippen LogP) is 6.22. The Morgan fingerprint density at radius 2 is 1.58 bits per heavy atom. The number of hydrogen-bond donors (Lipinski definition) is 0. The Labute approximate surface area is 266 Å². The second-order valence-corrected chi connectivity index (χ2v) is 11.9. The van der Waals surface area contributed by atoms with Crippen molar-refractivity contribution in [1.29, 1.82) is 0 Å². The summed E-state index contributed by atoms with van der Waals surface area (Å²) >= 11 is 0. The number of Topliss-reactive ketones (excluding diaryl/α,β-unsaturated/α-hetero) is 1. The number of likely N-dealkylation sites (tertiary alicyclic amines) is 1. The molecule has 1 fully saturated rings. The number of benzene rings is 3. The maximum absolute atomic E-state index is 13.8. The third-order valence-corrected chi connectivity index (χ3v) is 8.83. The monoisotopic (exact) mass is 608 g/mol. The third-order valence-electron chi connectivity index (χ3n) is 8.83. The van der Waals surface area contributed by atoms with Gasteiger partial charge in [0.25, 0.3) is 5.91 Å². The van der Waals surface area contributed by atoms with Crippen LogP contribution in [0.2, 0.25) is 0 Å². The number of ether oxygens (including phenoxy) is 1. The van der Waals surface area contributed by atoms with Gasteiger partial charge in [0.15, 0.2) is 5.82 Å². The average Bonchev–Trinajstić information content (AvgIpc) is 3.45. The molecule has 45 heavy (non-hydrogen) atoms. The van der Waals surface area contributed by atoms with Gasteiger partial charge in [0, 0.05) is 44.0 Å². The number of aromatic nitrogens is 2. The van der Waals surface area contributed by atoms with Gasteiger partial charge in [-0.25, -0.2) is 4.98 Å². The Morgan fingerprint density at radius 3 is 2.29 bits per heavy atom. The summed E-state index contributed by atoms with van der Waals surface area (Å²) in [5.41, 5.74) is 3.66. The summed E-state index contributed by atoms with van der Waals surface area (Å²) in [7, 11) is 1.88. The van der Waals surface area contributed by atoms with Crippen molar-refractivity contribution in [3.8, 4) is 0 Å². The van der Waals surface area contributed by atoms with Crippen LogP contribution in [0.25, 0.3) is 11.0 Å². The number of piperidine rings is 1. The zero-order chi connectivity index (χ0) is 31.6. The first kappa shape index (κ1) is 32.1. The van der Waals surface area contributed by atoms with Gasteiger partial charge in [0.05, 0.1) is 17.6 Å². The van der Waals surface area contributed by atoms with Crippen molar-refractivity contribution < 1.29 is 19.1 Å². The van der Waals surface area contributed by atoms with Gasteiger partial charge in [-0.3, -0.25) is 14.4 Å². The second kappa shape index (κ2) is 15.6. The molecule has 1 aliphatic rings. The number of para-hydroxylation sites is 2. The molecule has 8 nitrogen and oxygen atoms in total. The lowest BCUT2D eigenvalue weighted by atomic mass is 9.90. The summed E-state index contributed by atoms with van der Waals surface area (Å²) < 4.78 is 7.07. The van der Waals surface area contributed by atoms with Crippen LogP contribution in [0.3, 0.4) is 0 Å². The van der Waals surface area contributed by atoms with Gasteiger partial charge in [-0.1, -0.05) is 60.7 Å². The minimum absolute atomic E-state index is 0.0303. The van der Waals surface area contributed by atoms with Crippen molar-refractivity contribution in [2.45, 2.75) is 51.5 Å². The molecule has 1 aromatic heterocycles. The smallest absolute Gasteiger partial charge is 0.305 e. The SMILES string of the molecule is CCOC(=O)CCCn1c(C(=O)C2CCN(CCC(CN(C)C(=O)c3ccccc3)c3ccccc3)CC2)nc2ccccc21. The van der Waals surface area contributed by atoms with Crippen LogP contribution in [0.1, 0.15) is 71.5 Å². The van der Waals surface area contributed by atoms with Crippen molar-refractivity contribution in [2.24, 2.45) is 5.92 Å². The summed E-state index contributed by atoms with van der Waals surface area (Å²) in [4.78, 5) is 47.8. The van der Waals surface area contributed by atoms with Crippen molar-refractivity contribution in [1.82, 2.24) is 19.4 Å². The summed E-state index contributed by atoms with van der Waals surface area (Å²) in [5.74, 6) is 0.520. The normalized spacial score (nSPS) is 14.7. The van der Waals surface area contributed by atoms with Gasteiger partial charge >= 0.3 is 5.97 Å². The van der Waals surface area contributed by atoms with Crippen LogP contribution < -0.4 is 0 Å². The van der Waals surface area contributed by atoms with Crippen LogP contribution in [0.15, 0.2) is 84.9 Å². The highest BCUT2D eigenvalue weighted by Gasteiger charge is 2.30. The van der Waals surface area contributed by atoms with Crippen molar-refractivity contribution >= 4 is 28.7 Å². The number of ketones is 1. The molecule has 0 aliphatic carbocycles. The van der Waals surface area contributed by atoms with E-state index in [4.69, 9.17) is 9.72 Å². The molecule has 1 aliphatic heterocycles. The van der Waals surface area contributed by atoms with Crippen LogP contribution in [-0.2, 0) is 16.1 Å². The van der Waals surface area contributed by atoms with Gasteiger partial charge in [-0.2, -0.15) is 0 Å². The van der Waals surface area contributed by atoms with Gasteiger partial charge in [0.1, 0.15) is 0 Å². The molecule has 8 heteroatoms. The fourth-order valence-electron chi connectivity index (χ4n) is 6.35. The highest BCUT2D eigenvalue weighted by atomic mass is 16.5. The lowest BCUT2D eigenvalue weighted by molar-refractivity contribution is -0.143. The number of imidazole rings is 1. The van der Waals surface area contributed by atoms with Crippen LogP contribution in [0, 0.1) is 5.92 Å². The average molecular weight is 609 g/mol. The van der Waals surface area contributed by atoms with Crippen molar-refractivity contribution in [3.63, 3.8) is 0 Å². The number of carbonyl (C=O) groups is 3. The lowest BCUT2D eigenvalue weighted by Crippen LogP contribution is -2.38. The Bertz CT molecular complexity index is 1560. The number of fused-ring (bicyclic) bond motifs is 1. The molecule has 236 valence electrons. The second-order valence-electron chi connectivity index (χ2n) is 11.9. The van der Waals surface area contributed by atoms with E-state index in [0.717, 1.165) is 49.9 Å². The molecule has 1 atom stereocenters. The Balaban J connectivity index is 1.19. The van der Waals surface area contributed by atoms with Gasteiger partial charge in [-0.15, -0.1) is 0 Å². The third kappa shape index (κ3) is 8.25. The molecule has 4 aromatic rings. The van der Waals surface area contributed by atoms with Gasteiger partial charge in [-0.05, 0) is 82.1 Å². The molecule has 0 spiro atoms. The Kier molecular flexibility index (Phi) is 11.1. The topological polar surface area (TPSA) is 84.7 Å². The van der Waals surface area contributed by atoms with E-state index in [2.05, 4.69) is 29.2 Å². The van der Waals surface area contributed by atoms with Gasteiger partial charge in [0.2, 0.25) is 5.78 Å². The largest absolute Gasteiger partial charge is 0.466 e. The number of carbonyl (C=O) groups excluding carboxylic acids is 3. The number of likely N-dealkylation sites (N-methyl/N-ethyl adjacent to an activating group) is 1. The van der Waals surface area contributed by atoms with Crippen LogP contribution in [0.4, 0.5) is 0 Å². The molecule has 5 rings (SSSR count). The van der Waals surface area contributed by atoms with E-state index in [-0.39, 0.29) is 29.5 Å². The van der Waals surface area contributed by atoms with E-state index in [1.54, 1.807) is 6.92 Å². The van der Waals surface area contributed by atoms with E-state index in [1.807, 2.05) is 77.2 Å². The molecule has 0 bridgehead atoms. The molecule has 0 radical (unpaired) electrons. The highest BCUT2D eigenvalue weighted by molar-refractivity contribution is 5.98. The van der Waals surface area contributed by atoms with Crippen LogP contribution in [-0.4, -0.2) is 76.8 Å². The Hall–Kier alpha value is -4.30. The lowest BCUT2D eigenvalue weighted by Gasteiger charge is -2.33. The fraction of sp³-hybridized carbons (Fsp3) is 0.405. The van der Waals surface area contributed by atoms with Crippen molar-refractivity contribution in [3.05, 3.63) is 102 Å². The molecule has 0 saturated carbocycles. The predicted molar refractivity (Wildman–Crippen MR) is 176 cm³/mol. The van der Waals surface area contributed by atoms with E-state index in [0.29, 0.717) is 43.9 Å². The van der Waals surface area contributed by atoms with Crippen LogP contribution in [0.5, 0.6) is 0 Å². The molecule has 1 amide bonds. The molecule has 0 N–H and O–H groups in total. The zero-order valence-corrected chi connectivity index (χ0v) is 26.4. The van der Waals surface area contributed by atoms with E-state index >= 15 is 0 Å². The standard InChI is InChI=1S/C37H44N4O4/c1-3-45-34(42)19-12-23-41-33-18-11-10-17-32(33)38-36(41)35(43)29-20-24-40(25-21-29)26-22-31(28-13-6-4-7-14-28)27-39(2)37(44)30-15-8-5-9-16-30/h4-11,13-18,29,31H,3,12,19-27H2,1-2H3. The molecule has 2 heterocycles. The van der Waals surface area contributed by atoms with E-state index < -0.39 is 0 Å². The maximum Gasteiger partial charge on any atom is 0.305 e. The number of nitrogens with zero attached hydrogens (tertiary/aromatic N) is 4. The summed E-state index contributed by atoms with van der Waals surface area (Å²) in [6, 6.07) is 27.7. The molecule has 3 aromatic carbocycles. The minimum atomic E-state index is -0.217. The van der Waals surface area contributed by atoms with E-state index in [9.17, 15) is 14.4 Å². The number of esters is 1. The number of rotatable bonds is 14. The number of amides is 1. The molecule has 1 saturated heterocycles. The number of hydrogen-bond acceptors (Lipinski definition) is 6. The minimum Gasteiger partial charge on any atom is -0.466 e. The molecular formula is C37H44N4O4. The first-order valence-corrected chi connectivity index (χ1v) is 16.2. The first-order chi connectivity index (χ1) is 21.9. The fourth-order valence-corrected chi connectivity index (χ4v) is 6.35. The quantitative estimate of drug-likeness (QED) is 0.125. The van der Waals surface area contributed by atoms with Crippen molar-refractivity contribution in [2.75, 3.05) is 39.8 Å². The van der Waals surface area contributed by atoms with Crippen LogP contribution >= 0.6 is 0 Å². The first-order valence-electron chi connectivity index (χ1n) is 16.2. The summed E-state index contributed by atoms with van der Waals surface area (Å²) in [6.07, 6.45) is 3.39. The molecule has 1 unspecified atom stereocenters. The summed E-state index contributed by atoms with van der Waals surface area (Å²) in [6.45, 7) is 5.95. The maximum atomic E-state index is 13.8.